The van der Waals surface area contributed by atoms with E-state index in [0.717, 1.165) is 0 Å². The van der Waals surface area contributed by atoms with Gasteiger partial charge in [0.05, 0.1) is 7.11 Å². The maximum absolute atomic E-state index is 9.88. The molecule has 0 aliphatic carbocycles. The minimum Gasteiger partial charge on any atom is -0.453 e. The second-order valence-electron chi connectivity index (χ2n) is 0.813. The third-order valence-corrected chi connectivity index (χ3v) is 0.402. The molecule has 0 aromatic carbocycles. The number of alkyl carbamates (subject to hydrolysis) is 1. The summed E-state index contributed by atoms with van der Waals surface area (Å²) in [6, 6.07) is 0. The maximum atomic E-state index is 9.88. The van der Waals surface area contributed by atoms with Crippen LogP contribution < -0.4 is 5.32 Å². The molecule has 1 amide bonds. The average molecular weight is 104 g/mol. The molecule has 0 aromatic rings. The molecule has 41 valence electrons. The molecule has 0 fully saturated rings. The zero-order valence-corrected chi connectivity index (χ0v) is 3.93. The number of hydrogen-bond donors (Lipinski definition) is 1. The van der Waals surface area contributed by atoms with Crippen LogP contribution in [0.1, 0.15) is 0 Å². The van der Waals surface area contributed by atoms with Crippen LogP contribution in [-0.4, -0.2) is 19.9 Å². The Morgan fingerprint density at radius 1 is 1.86 bits per heavy atom. The number of ether oxygens (including phenoxy) is 1. The van der Waals surface area contributed by atoms with E-state index in [1.54, 1.807) is 0 Å². The molecule has 0 aliphatic heterocycles. The molecule has 0 spiro atoms. The lowest BCUT2D eigenvalue weighted by Gasteiger charge is -1.93. The van der Waals surface area contributed by atoms with Crippen LogP contribution in [0.3, 0.4) is 0 Å². The maximum Gasteiger partial charge on any atom is 0.408 e. The van der Waals surface area contributed by atoms with Gasteiger partial charge in [-0.2, -0.15) is 0 Å². The Balaban J connectivity index is 3.00. The molecule has 1 N–H and O–H groups in total. The highest BCUT2D eigenvalue weighted by atomic mass is 16.5. The molecule has 0 rings (SSSR count). The van der Waals surface area contributed by atoms with E-state index in [4.69, 9.17) is 0 Å². The third-order valence-electron chi connectivity index (χ3n) is 0.402. The summed E-state index contributed by atoms with van der Waals surface area (Å²) in [7, 11) is 1.20. The van der Waals surface area contributed by atoms with Crippen molar-refractivity contribution in [1.29, 1.82) is 0 Å². The number of methoxy groups -OCH3 is 1. The predicted octanol–water partition coefficient (Wildman–Crippen LogP) is -0.270. The Morgan fingerprint density at radius 2 is 2.43 bits per heavy atom. The van der Waals surface area contributed by atoms with Gasteiger partial charge in [-0.1, -0.05) is 0 Å². The standard InChI is InChI=1S/C3H6NO3/c1-7-3(6)4-2-5/h2H2,1H3,(H,4,6). The largest absolute Gasteiger partial charge is 0.453 e. The van der Waals surface area contributed by atoms with E-state index in [1.807, 2.05) is 5.32 Å². The van der Waals surface area contributed by atoms with E-state index in [9.17, 15) is 9.90 Å². The predicted molar refractivity (Wildman–Crippen MR) is 21.1 cm³/mol. The number of nitrogens with one attached hydrogen (secondary N) is 1. The van der Waals surface area contributed by atoms with Gasteiger partial charge in [-0.3, -0.25) is 5.32 Å². The van der Waals surface area contributed by atoms with Crippen molar-refractivity contribution in [1.82, 2.24) is 5.32 Å². The van der Waals surface area contributed by atoms with Gasteiger partial charge in [0.2, 0.25) is 0 Å². The molecule has 0 aliphatic rings. The van der Waals surface area contributed by atoms with E-state index in [1.165, 1.54) is 7.11 Å². The Hall–Kier alpha value is -0.770. The van der Waals surface area contributed by atoms with Crippen molar-refractivity contribution in [3.8, 4) is 0 Å². The lowest BCUT2D eigenvalue weighted by atomic mass is 11.0. The Labute approximate surface area is 41.1 Å². The van der Waals surface area contributed by atoms with Crippen molar-refractivity contribution in [3.63, 3.8) is 0 Å². The van der Waals surface area contributed by atoms with E-state index in [0.29, 0.717) is 0 Å². The highest BCUT2D eigenvalue weighted by Gasteiger charge is 1.91. The summed E-state index contributed by atoms with van der Waals surface area (Å²) in [6.07, 6.45) is -0.685. The van der Waals surface area contributed by atoms with Gasteiger partial charge in [0.15, 0.2) is 6.73 Å². The van der Waals surface area contributed by atoms with E-state index < -0.39 is 12.8 Å². The van der Waals surface area contributed by atoms with Crippen molar-refractivity contribution in [2.24, 2.45) is 0 Å². The van der Waals surface area contributed by atoms with Crippen molar-refractivity contribution in [2.45, 2.75) is 0 Å². The third kappa shape index (κ3) is 3.05. The number of amides is 1. The lowest BCUT2D eigenvalue weighted by molar-refractivity contribution is 0.131. The lowest BCUT2D eigenvalue weighted by Crippen LogP contribution is -2.22. The van der Waals surface area contributed by atoms with Crippen LogP contribution in [0.25, 0.3) is 0 Å². The van der Waals surface area contributed by atoms with Gasteiger partial charge >= 0.3 is 6.09 Å². The summed E-state index contributed by atoms with van der Waals surface area (Å²) in [4.78, 5) is 9.88. The first-order chi connectivity index (χ1) is 3.31. The molecule has 1 radical (unpaired) electrons. The quantitative estimate of drug-likeness (QED) is 0.465. The van der Waals surface area contributed by atoms with Gasteiger partial charge in [0.25, 0.3) is 0 Å². The van der Waals surface area contributed by atoms with Crippen molar-refractivity contribution in [2.75, 3.05) is 13.8 Å². The summed E-state index contributed by atoms with van der Waals surface area (Å²) in [5.74, 6) is 0. The highest BCUT2D eigenvalue weighted by molar-refractivity contribution is 5.66. The summed E-state index contributed by atoms with van der Waals surface area (Å²) >= 11 is 0. The van der Waals surface area contributed by atoms with Crippen LogP contribution in [0.4, 0.5) is 4.79 Å². The molecule has 0 bridgehead atoms. The molecule has 0 heterocycles. The minimum absolute atomic E-state index is 0.632. The van der Waals surface area contributed by atoms with Gasteiger partial charge in [-0.05, 0) is 0 Å². The van der Waals surface area contributed by atoms with Crippen LogP contribution in [0.15, 0.2) is 0 Å². The molecular weight excluding hydrogens is 98.0 g/mol. The fourth-order valence-electron chi connectivity index (χ4n) is 0.131. The summed E-state index contributed by atoms with van der Waals surface area (Å²) in [5.41, 5.74) is 0. The van der Waals surface area contributed by atoms with E-state index in [2.05, 4.69) is 4.74 Å². The Morgan fingerprint density at radius 3 is 2.57 bits per heavy atom. The van der Waals surface area contributed by atoms with Crippen LogP contribution in [0.5, 0.6) is 0 Å². The van der Waals surface area contributed by atoms with Gasteiger partial charge in [0.1, 0.15) is 0 Å². The van der Waals surface area contributed by atoms with Crippen molar-refractivity contribution >= 4 is 6.09 Å². The molecule has 7 heavy (non-hydrogen) atoms. The fraction of sp³-hybridized carbons (Fsp3) is 0.667. The van der Waals surface area contributed by atoms with Crippen molar-refractivity contribution < 1.29 is 14.6 Å². The topological polar surface area (TPSA) is 58.2 Å². The van der Waals surface area contributed by atoms with E-state index in [-0.39, 0.29) is 0 Å². The highest BCUT2D eigenvalue weighted by Crippen LogP contribution is 1.65. The van der Waals surface area contributed by atoms with Gasteiger partial charge in [-0.25, -0.2) is 9.90 Å². The molecule has 4 nitrogen and oxygen atoms in total. The monoisotopic (exact) mass is 104 g/mol. The minimum atomic E-state index is -0.685. The van der Waals surface area contributed by atoms with Crippen LogP contribution in [0.2, 0.25) is 0 Å². The van der Waals surface area contributed by atoms with E-state index >= 15 is 0 Å². The molecular formula is C3H6NO3. The van der Waals surface area contributed by atoms with Crippen LogP contribution >= 0.6 is 0 Å². The SMILES string of the molecule is COC(=O)NC[O]. The summed E-state index contributed by atoms with van der Waals surface area (Å²) < 4.78 is 4.04. The van der Waals surface area contributed by atoms with Gasteiger partial charge < -0.3 is 4.74 Å². The first-order valence-electron chi connectivity index (χ1n) is 1.71. The molecule has 0 saturated carbocycles. The zero-order valence-electron chi connectivity index (χ0n) is 3.93. The summed E-state index contributed by atoms with van der Waals surface area (Å²) in [6.45, 7) is -0.632. The van der Waals surface area contributed by atoms with Crippen LogP contribution in [-0.2, 0) is 9.84 Å². The smallest absolute Gasteiger partial charge is 0.408 e. The fourth-order valence-corrected chi connectivity index (χ4v) is 0.131. The van der Waals surface area contributed by atoms with Crippen LogP contribution in [0, 0.1) is 0 Å². The second kappa shape index (κ2) is 3.42. The number of hydrogen-bond acceptors (Lipinski definition) is 2. The molecule has 0 atom stereocenters. The summed E-state index contributed by atoms with van der Waals surface area (Å²) in [5, 5.41) is 11.4. The zero-order chi connectivity index (χ0) is 5.70. The van der Waals surface area contributed by atoms with Crippen molar-refractivity contribution in [3.05, 3.63) is 0 Å². The van der Waals surface area contributed by atoms with Gasteiger partial charge in [0, 0.05) is 0 Å². The second-order valence-corrected chi connectivity index (χ2v) is 0.813. The first kappa shape index (κ1) is 6.23. The number of carbonyl (C=O) groups is 1. The molecule has 0 saturated heterocycles. The average Bonchev–Trinajstić information content (AvgIpc) is 1.68. The Kier molecular flexibility index (Phi) is 3.04. The molecule has 4 heteroatoms. The molecule has 0 unspecified atom stereocenters. The van der Waals surface area contributed by atoms with Gasteiger partial charge in [-0.15, -0.1) is 0 Å². The Bertz CT molecular complexity index is 63.2. The first-order valence-corrected chi connectivity index (χ1v) is 1.71. The number of rotatable bonds is 1. The normalized spacial score (nSPS) is 7.71. The molecule has 0 aromatic heterocycles. The number of carbonyl (C=O) groups excluding carboxylic acids is 1.